The molecule has 0 aliphatic carbocycles. The van der Waals surface area contributed by atoms with E-state index in [0.717, 1.165) is 5.56 Å². The van der Waals surface area contributed by atoms with Gasteiger partial charge in [0.15, 0.2) is 11.5 Å². The van der Waals surface area contributed by atoms with Crippen molar-refractivity contribution in [3.63, 3.8) is 0 Å². The van der Waals surface area contributed by atoms with Crippen LogP contribution in [0.3, 0.4) is 0 Å². The molecule has 3 aliphatic rings. The maximum Gasteiger partial charge on any atom is 0.250 e. The van der Waals surface area contributed by atoms with Gasteiger partial charge in [-0.2, -0.15) is 0 Å². The first-order valence-electron chi connectivity index (χ1n) is 11.4. The second kappa shape index (κ2) is 8.51. The fourth-order valence-corrected chi connectivity index (χ4v) is 5.92. The van der Waals surface area contributed by atoms with Crippen molar-refractivity contribution in [1.82, 2.24) is 10.2 Å². The van der Waals surface area contributed by atoms with Crippen LogP contribution in [0.2, 0.25) is 5.02 Å². The SMILES string of the molecule is COc1ccc(CCN2C(=O)[C@@H]3[C@@H]([C@H](C)O)N[C@]4(C(=O)Nc5c(Cl)cccc54)[C@@H]3C2=O)cc1OC. The van der Waals surface area contributed by atoms with E-state index in [1.807, 2.05) is 6.07 Å². The van der Waals surface area contributed by atoms with E-state index >= 15 is 0 Å². The van der Waals surface area contributed by atoms with Gasteiger partial charge < -0.3 is 19.9 Å². The van der Waals surface area contributed by atoms with E-state index in [0.29, 0.717) is 34.2 Å². The first kappa shape index (κ1) is 23.6. The van der Waals surface area contributed by atoms with E-state index in [-0.39, 0.29) is 6.54 Å². The lowest BCUT2D eigenvalue weighted by Crippen LogP contribution is -2.54. The molecule has 9 nitrogen and oxygen atoms in total. The molecule has 3 N–H and O–H groups in total. The van der Waals surface area contributed by atoms with Crippen molar-refractivity contribution in [1.29, 1.82) is 0 Å². The summed E-state index contributed by atoms with van der Waals surface area (Å²) in [5, 5.41) is 16.8. The van der Waals surface area contributed by atoms with Crippen LogP contribution in [-0.4, -0.2) is 60.6 Å². The highest BCUT2D eigenvalue weighted by atomic mass is 35.5. The summed E-state index contributed by atoms with van der Waals surface area (Å²) in [4.78, 5) is 41.8. The average molecular weight is 500 g/mol. The molecule has 0 unspecified atom stereocenters. The van der Waals surface area contributed by atoms with Gasteiger partial charge >= 0.3 is 0 Å². The summed E-state index contributed by atoms with van der Waals surface area (Å²) in [5.74, 6) is -2.06. The molecule has 184 valence electrons. The first-order chi connectivity index (χ1) is 16.7. The van der Waals surface area contributed by atoms with Crippen LogP contribution in [0.25, 0.3) is 0 Å². The third kappa shape index (κ3) is 3.33. The van der Waals surface area contributed by atoms with Crippen LogP contribution < -0.4 is 20.1 Å². The Bertz CT molecular complexity index is 1230. The maximum absolute atomic E-state index is 13.7. The Balaban J connectivity index is 1.49. The molecule has 2 fully saturated rings. The zero-order valence-electron chi connectivity index (χ0n) is 19.5. The molecular formula is C25H26ClN3O6. The van der Waals surface area contributed by atoms with Crippen LogP contribution in [0.1, 0.15) is 18.1 Å². The molecule has 35 heavy (non-hydrogen) atoms. The van der Waals surface area contributed by atoms with Gasteiger partial charge in [0.1, 0.15) is 5.54 Å². The van der Waals surface area contributed by atoms with Crippen LogP contribution >= 0.6 is 11.6 Å². The van der Waals surface area contributed by atoms with Gasteiger partial charge in [-0.05, 0) is 37.1 Å². The predicted molar refractivity (Wildman–Crippen MR) is 127 cm³/mol. The number of nitrogens with one attached hydrogen (secondary N) is 2. The number of aliphatic hydroxyl groups excluding tert-OH is 1. The van der Waals surface area contributed by atoms with Crippen LogP contribution in [0.5, 0.6) is 11.5 Å². The minimum absolute atomic E-state index is 0.132. The van der Waals surface area contributed by atoms with E-state index in [1.54, 1.807) is 44.4 Å². The minimum atomic E-state index is -1.49. The van der Waals surface area contributed by atoms with Crippen LogP contribution in [0.4, 0.5) is 5.69 Å². The van der Waals surface area contributed by atoms with Gasteiger partial charge in [0.05, 0.1) is 42.9 Å². The fourth-order valence-electron chi connectivity index (χ4n) is 5.69. The highest BCUT2D eigenvalue weighted by Crippen LogP contribution is 2.54. The number of para-hydroxylation sites is 1. The lowest BCUT2D eigenvalue weighted by atomic mass is 9.76. The Morgan fingerprint density at radius 1 is 1.11 bits per heavy atom. The number of anilines is 1. The Hall–Kier alpha value is -3.14. The summed E-state index contributed by atoms with van der Waals surface area (Å²) in [6.45, 7) is 1.68. The number of halogens is 1. The molecular weight excluding hydrogens is 474 g/mol. The van der Waals surface area contributed by atoms with Crippen molar-refractivity contribution in [2.75, 3.05) is 26.1 Å². The smallest absolute Gasteiger partial charge is 0.250 e. The minimum Gasteiger partial charge on any atom is -0.493 e. The van der Waals surface area contributed by atoms with Gasteiger partial charge in [0.2, 0.25) is 17.7 Å². The molecule has 3 aliphatic heterocycles. The van der Waals surface area contributed by atoms with Gasteiger partial charge in [0.25, 0.3) is 0 Å². The van der Waals surface area contributed by atoms with Crippen molar-refractivity contribution in [2.45, 2.75) is 31.0 Å². The lowest BCUT2D eigenvalue weighted by molar-refractivity contribution is -0.143. The first-order valence-corrected chi connectivity index (χ1v) is 11.7. The number of nitrogens with zero attached hydrogens (tertiary/aromatic N) is 1. The lowest BCUT2D eigenvalue weighted by Gasteiger charge is -2.30. The van der Waals surface area contributed by atoms with Crippen molar-refractivity contribution in [3.8, 4) is 11.5 Å². The normalized spacial score (nSPS) is 27.7. The number of carbonyl (C=O) groups is 3. The van der Waals surface area contributed by atoms with E-state index in [4.69, 9.17) is 21.1 Å². The molecule has 2 aromatic rings. The number of benzene rings is 2. The molecule has 0 aromatic heterocycles. The summed E-state index contributed by atoms with van der Waals surface area (Å²) >= 11 is 6.32. The van der Waals surface area contributed by atoms with Gasteiger partial charge in [-0.25, -0.2) is 0 Å². The second-order valence-electron chi connectivity index (χ2n) is 9.11. The van der Waals surface area contributed by atoms with Gasteiger partial charge in [-0.1, -0.05) is 29.8 Å². The Morgan fingerprint density at radius 2 is 1.86 bits per heavy atom. The monoisotopic (exact) mass is 499 g/mol. The zero-order valence-corrected chi connectivity index (χ0v) is 20.3. The molecule has 2 aromatic carbocycles. The van der Waals surface area contributed by atoms with Gasteiger partial charge in [0, 0.05) is 18.2 Å². The van der Waals surface area contributed by atoms with Crippen LogP contribution in [0, 0.1) is 11.8 Å². The summed E-state index contributed by atoms with van der Waals surface area (Å²) in [7, 11) is 3.08. The molecule has 1 spiro atoms. The number of hydrogen-bond acceptors (Lipinski definition) is 7. The standard InChI is InChI=1S/C25H26ClN3O6/c1-12(30)20-18-19(25(28-20)14-5-4-6-15(26)21(14)27-24(25)33)23(32)29(22(18)31)10-9-13-7-8-16(34-2)17(11-13)35-3/h4-8,11-12,18-20,28,30H,9-10H2,1-3H3,(H,27,33)/t12-,18-,19-,20+,25-/m0/s1. The molecule has 0 radical (unpaired) electrons. The van der Waals surface area contributed by atoms with E-state index in [2.05, 4.69) is 10.6 Å². The summed E-state index contributed by atoms with van der Waals surface area (Å²) in [6, 6.07) is 9.70. The third-order valence-corrected chi connectivity index (χ3v) is 7.63. The number of aliphatic hydroxyl groups is 1. The van der Waals surface area contributed by atoms with E-state index < -0.39 is 47.2 Å². The predicted octanol–water partition coefficient (Wildman–Crippen LogP) is 1.70. The largest absolute Gasteiger partial charge is 0.493 e. The topological polar surface area (TPSA) is 117 Å². The number of ether oxygens (including phenoxy) is 2. The van der Waals surface area contributed by atoms with Crippen molar-refractivity contribution in [3.05, 3.63) is 52.5 Å². The molecule has 3 heterocycles. The summed E-state index contributed by atoms with van der Waals surface area (Å²) in [5.41, 5.74) is 0.296. The summed E-state index contributed by atoms with van der Waals surface area (Å²) in [6.07, 6.45) is -0.577. The molecule has 5 rings (SSSR count). The number of amides is 3. The number of rotatable bonds is 6. The van der Waals surface area contributed by atoms with Gasteiger partial charge in [-0.3, -0.25) is 24.6 Å². The number of carbonyl (C=O) groups excluding carboxylic acids is 3. The Morgan fingerprint density at radius 3 is 2.54 bits per heavy atom. The number of hydrogen-bond donors (Lipinski definition) is 3. The molecule has 0 bridgehead atoms. The van der Waals surface area contributed by atoms with Crippen molar-refractivity contribution < 1.29 is 29.0 Å². The second-order valence-corrected chi connectivity index (χ2v) is 9.51. The number of fused-ring (bicyclic) bond motifs is 4. The Labute approximate surface area is 207 Å². The van der Waals surface area contributed by atoms with Crippen LogP contribution in [-0.2, 0) is 26.3 Å². The van der Waals surface area contributed by atoms with Crippen LogP contribution in [0.15, 0.2) is 36.4 Å². The van der Waals surface area contributed by atoms with Crippen molar-refractivity contribution >= 4 is 35.0 Å². The molecule has 0 saturated carbocycles. The average Bonchev–Trinajstić information content (AvgIpc) is 3.43. The van der Waals surface area contributed by atoms with E-state index in [1.165, 1.54) is 12.0 Å². The number of methoxy groups -OCH3 is 2. The van der Waals surface area contributed by atoms with E-state index in [9.17, 15) is 19.5 Å². The molecule has 5 atom stereocenters. The third-order valence-electron chi connectivity index (χ3n) is 7.32. The molecule has 3 amide bonds. The zero-order chi connectivity index (χ0) is 25.1. The highest BCUT2D eigenvalue weighted by Gasteiger charge is 2.71. The Kier molecular flexibility index (Phi) is 5.74. The summed E-state index contributed by atoms with van der Waals surface area (Å²) < 4.78 is 10.6. The number of imide groups is 1. The van der Waals surface area contributed by atoms with Crippen molar-refractivity contribution in [2.24, 2.45) is 11.8 Å². The molecule has 2 saturated heterocycles. The highest BCUT2D eigenvalue weighted by molar-refractivity contribution is 6.35. The molecule has 10 heteroatoms. The maximum atomic E-state index is 13.7. The quantitative estimate of drug-likeness (QED) is 0.518. The van der Waals surface area contributed by atoms with Gasteiger partial charge in [-0.15, -0.1) is 0 Å². The fraction of sp³-hybridized carbons (Fsp3) is 0.400. The number of likely N-dealkylation sites (tertiary alicyclic amines) is 1.